The Hall–Kier alpha value is -3.60. The van der Waals surface area contributed by atoms with Gasteiger partial charge in [0, 0.05) is 24.0 Å². The van der Waals surface area contributed by atoms with Gasteiger partial charge in [-0.1, -0.05) is 11.2 Å². The third-order valence-corrected chi connectivity index (χ3v) is 4.74. The second-order valence-electron chi connectivity index (χ2n) is 5.69. The largest absolute Gasteiger partial charge is 0.452 e. The maximum Gasteiger partial charge on any atom is 0.338 e. The second kappa shape index (κ2) is 7.56. The molecule has 0 N–H and O–H groups in total. The lowest BCUT2D eigenvalue weighted by Gasteiger charge is -2.04. The number of rotatable bonds is 6. The van der Waals surface area contributed by atoms with Crippen LogP contribution >= 0.6 is 0 Å². The number of non-ortho nitro benzene ring substituents is 1. The molecule has 144 valence electrons. The Morgan fingerprint density at radius 3 is 2.57 bits per heavy atom. The number of benzene rings is 2. The predicted octanol–water partition coefficient (Wildman–Crippen LogP) is 2.41. The van der Waals surface area contributed by atoms with E-state index in [0.717, 1.165) is 6.26 Å². The fraction of sp³-hybridized carbons (Fsp3) is 0.118. The van der Waals surface area contributed by atoms with Crippen molar-refractivity contribution in [3.05, 3.63) is 70.1 Å². The Morgan fingerprint density at radius 2 is 1.93 bits per heavy atom. The number of aromatic nitrogens is 2. The summed E-state index contributed by atoms with van der Waals surface area (Å²) in [5, 5.41) is 14.4. The Labute approximate surface area is 158 Å². The van der Waals surface area contributed by atoms with E-state index in [2.05, 4.69) is 10.1 Å². The number of sulfone groups is 1. The molecule has 3 rings (SSSR count). The van der Waals surface area contributed by atoms with Gasteiger partial charge in [0.25, 0.3) is 11.6 Å². The molecule has 0 aliphatic carbocycles. The number of carbonyl (C=O) groups excluding carboxylic acids is 1. The smallest absolute Gasteiger partial charge is 0.338 e. The molecular formula is C17H13N3O7S. The van der Waals surface area contributed by atoms with E-state index in [0.29, 0.717) is 5.56 Å². The summed E-state index contributed by atoms with van der Waals surface area (Å²) in [5.74, 6) is -0.554. The first-order valence-corrected chi connectivity index (χ1v) is 9.68. The van der Waals surface area contributed by atoms with E-state index in [9.17, 15) is 23.3 Å². The zero-order valence-electron chi connectivity index (χ0n) is 14.4. The lowest BCUT2D eigenvalue weighted by Crippen LogP contribution is -2.07. The molecule has 0 saturated carbocycles. The minimum absolute atomic E-state index is 0.000183. The first-order valence-electron chi connectivity index (χ1n) is 7.79. The second-order valence-corrected chi connectivity index (χ2v) is 7.71. The molecule has 0 aliphatic heterocycles. The van der Waals surface area contributed by atoms with Gasteiger partial charge in [0.1, 0.15) is 0 Å². The minimum Gasteiger partial charge on any atom is -0.452 e. The first kappa shape index (κ1) is 19.2. The molecule has 2 aromatic carbocycles. The van der Waals surface area contributed by atoms with Crippen molar-refractivity contribution in [1.29, 1.82) is 0 Å². The van der Waals surface area contributed by atoms with Crippen LogP contribution in [-0.4, -0.2) is 35.7 Å². The van der Waals surface area contributed by atoms with E-state index >= 15 is 0 Å². The fourth-order valence-corrected chi connectivity index (χ4v) is 2.89. The summed E-state index contributed by atoms with van der Waals surface area (Å²) < 4.78 is 33.2. The van der Waals surface area contributed by atoms with Crippen LogP contribution in [0.25, 0.3) is 11.4 Å². The third-order valence-electron chi connectivity index (χ3n) is 3.63. The monoisotopic (exact) mass is 403 g/mol. The zero-order chi connectivity index (χ0) is 20.3. The van der Waals surface area contributed by atoms with Crippen molar-refractivity contribution in [2.45, 2.75) is 11.5 Å². The molecule has 0 spiro atoms. The van der Waals surface area contributed by atoms with Crippen molar-refractivity contribution < 1.29 is 27.4 Å². The van der Waals surface area contributed by atoms with Crippen molar-refractivity contribution in [1.82, 2.24) is 10.1 Å². The van der Waals surface area contributed by atoms with Crippen LogP contribution < -0.4 is 0 Å². The molecule has 11 heteroatoms. The van der Waals surface area contributed by atoms with Crippen molar-refractivity contribution >= 4 is 21.5 Å². The van der Waals surface area contributed by atoms with Crippen LogP contribution in [0.5, 0.6) is 0 Å². The number of nitro benzene ring substituents is 1. The van der Waals surface area contributed by atoms with Gasteiger partial charge in [-0.25, -0.2) is 13.2 Å². The van der Waals surface area contributed by atoms with Gasteiger partial charge in [-0.2, -0.15) is 4.98 Å². The highest BCUT2D eigenvalue weighted by Crippen LogP contribution is 2.20. The number of carbonyl (C=O) groups is 1. The molecule has 28 heavy (non-hydrogen) atoms. The minimum atomic E-state index is -3.45. The highest BCUT2D eigenvalue weighted by Gasteiger charge is 2.15. The number of hydrogen-bond acceptors (Lipinski definition) is 9. The summed E-state index contributed by atoms with van der Waals surface area (Å²) in [6, 6.07) is 11.0. The van der Waals surface area contributed by atoms with E-state index in [4.69, 9.17) is 9.26 Å². The fourth-order valence-electron chi connectivity index (χ4n) is 2.23. The average molecular weight is 403 g/mol. The molecule has 0 saturated heterocycles. The van der Waals surface area contributed by atoms with Gasteiger partial charge in [0.05, 0.1) is 15.4 Å². The molecule has 1 heterocycles. The predicted molar refractivity (Wildman–Crippen MR) is 95.1 cm³/mol. The quantitative estimate of drug-likeness (QED) is 0.344. The van der Waals surface area contributed by atoms with Crippen molar-refractivity contribution in [2.24, 2.45) is 0 Å². The Morgan fingerprint density at radius 1 is 1.21 bits per heavy atom. The summed E-state index contributed by atoms with van der Waals surface area (Å²) in [7, 11) is -3.45. The van der Waals surface area contributed by atoms with E-state index < -0.39 is 20.7 Å². The van der Waals surface area contributed by atoms with E-state index in [1.54, 1.807) is 0 Å². The summed E-state index contributed by atoms with van der Waals surface area (Å²) in [6.07, 6.45) is 1.04. The van der Waals surface area contributed by atoms with Gasteiger partial charge in [0.2, 0.25) is 5.82 Å². The van der Waals surface area contributed by atoms with Crippen LogP contribution in [0.4, 0.5) is 5.69 Å². The van der Waals surface area contributed by atoms with Crippen molar-refractivity contribution in [2.75, 3.05) is 6.26 Å². The van der Waals surface area contributed by atoms with Crippen molar-refractivity contribution in [3.63, 3.8) is 0 Å². The molecule has 0 bridgehead atoms. The SMILES string of the molecule is CS(=O)(=O)c1cccc(C(=O)OCc2nc(-c3ccc([N+](=O)[O-])cc3)no2)c1. The first-order chi connectivity index (χ1) is 13.2. The highest BCUT2D eigenvalue weighted by molar-refractivity contribution is 7.90. The Balaban J connectivity index is 1.67. The van der Waals surface area contributed by atoms with Gasteiger partial charge in [-0.05, 0) is 30.3 Å². The van der Waals surface area contributed by atoms with Crippen LogP contribution in [0.1, 0.15) is 16.2 Å². The highest BCUT2D eigenvalue weighted by atomic mass is 32.2. The van der Waals surface area contributed by atoms with Crippen LogP contribution in [-0.2, 0) is 21.2 Å². The van der Waals surface area contributed by atoms with Gasteiger partial charge in [-0.3, -0.25) is 10.1 Å². The number of nitrogens with zero attached hydrogens (tertiary/aromatic N) is 3. The summed E-state index contributed by atoms with van der Waals surface area (Å²) >= 11 is 0. The third kappa shape index (κ3) is 4.38. The molecule has 0 amide bonds. The molecule has 1 aromatic heterocycles. The molecule has 0 fully saturated rings. The Bertz CT molecular complexity index is 1140. The average Bonchev–Trinajstić information content (AvgIpc) is 3.14. The van der Waals surface area contributed by atoms with Gasteiger partial charge < -0.3 is 9.26 Å². The van der Waals surface area contributed by atoms with E-state index in [1.165, 1.54) is 48.5 Å². The van der Waals surface area contributed by atoms with Crippen LogP contribution in [0, 0.1) is 10.1 Å². The number of hydrogen-bond donors (Lipinski definition) is 0. The van der Waals surface area contributed by atoms with Gasteiger partial charge in [0.15, 0.2) is 16.4 Å². The number of nitro groups is 1. The van der Waals surface area contributed by atoms with Gasteiger partial charge in [-0.15, -0.1) is 0 Å². The number of esters is 1. The molecule has 0 unspecified atom stereocenters. The van der Waals surface area contributed by atoms with Gasteiger partial charge >= 0.3 is 5.97 Å². The molecule has 0 radical (unpaired) electrons. The standard InChI is InChI=1S/C17H13N3O7S/c1-28(24,25)14-4-2-3-12(9-14)17(21)26-10-15-18-16(19-27-15)11-5-7-13(8-6-11)20(22)23/h2-9H,10H2,1H3. The number of ether oxygens (including phenoxy) is 1. The summed E-state index contributed by atoms with van der Waals surface area (Å²) in [6.45, 7) is -0.318. The normalized spacial score (nSPS) is 11.2. The molecule has 3 aromatic rings. The molecular weight excluding hydrogens is 390 g/mol. The van der Waals surface area contributed by atoms with Crippen LogP contribution in [0.15, 0.2) is 57.9 Å². The molecule has 10 nitrogen and oxygen atoms in total. The van der Waals surface area contributed by atoms with Crippen molar-refractivity contribution in [3.8, 4) is 11.4 Å². The van der Waals surface area contributed by atoms with E-state index in [1.807, 2.05) is 0 Å². The maximum atomic E-state index is 12.1. The summed E-state index contributed by atoms with van der Waals surface area (Å²) in [4.78, 5) is 26.3. The molecule has 0 atom stereocenters. The zero-order valence-corrected chi connectivity index (χ0v) is 15.3. The maximum absolute atomic E-state index is 12.1. The topological polar surface area (TPSA) is 142 Å². The lowest BCUT2D eigenvalue weighted by molar-refractivity contribution is -0.384. The lowest BCUT2D eigenvalue weighted by atomic mass is 10.2. The van der Waals surface area contributed by atoms with E-state index in [-0.39, 0.29) is 34.5 Å². The Kier molecular flexibility index (Phi) is 5.18. The molecule has 0 aliphatic rings. The van der Waals surface area contributed by atoms with Crippen LogP contribution in [0.2, 0.25) is 0 Å². The van der Waals surface area contributed by atoms with Crippen LogP contribution in [0.3, 0.4) is 0 Å². The summed E-state index contributed by atoms with van der Waals surface area (Å²) in [5.41, 5.74) is 0.489.